The first kappa shape index (κ1) is 18.5. The van der Waals surface area contributed by atoms with Crippen molar-refractivity contribution in [3.63, 3.8) is 0 Å². The molecular weight excluding hydrogens is 316 g/mol. The minimum absolute atomic E-state index is 0.0359. The van der Waals surface area contributed by atoms with Crippen LogP contribution >= 0.6 is 0 Å². The molecule has 0 saturated heterocycles. The van der Waals surface area contributed by atoms with Gasteiger partial charge in [-0.15, -0.1) is 0 Å². The highest BCUT2D eigenvalue weighted by Gasteiger charge is 2.13. The molecule has 0 atom stereocenters. The molecule has 1 N–H and O–H groups in total. The number of nitrogens with zero attached hydrogens (tertiary/aromatic N) is 1. The molecule has 0 spiro atoms. The van der Waals surface area contributed by atoms with Crippen LogP contribution < -0.4 is 10.1 Å². The Morgan fingerprint density at radius 3 is 2.76 bits per heavy atom. The summed E-state index contributed by atoms with van der Waals surface area (Å²) in [7, 11) is 1.56. The van der Waals surface area contributed by atoms with E-state index in [0.717, 1.165) is 22.8 Å². The SMILES string of the molecule is CCCOc1ccc2ccccc2c1/C=C(\C#N)C(=O)NCCOC. The van der Waals surface area contributed by atoms with Crippen LogP contribution in [0, 0.1) is 11.3 Å². The lowest BCUT2D eigenvalue weighted by Crippen LogP contribution is -2.27. The molecule has 0 bridgehead atoms. The van der Waals surface area contributed by atoms with Crippen LogP contribution in [0.4, 0.5) is 0 Å². The standard InChI is InChI=1S/C20H22N2O3/c1-3-11-25-19-9-8-15-6-4-5-7-17(15)18(19)13-16(14-21)20(23)22-10-12-24-2/h4-9,13H,3,10-12H2,1-2H3,(H,22,23)/b16-13+. The summed E-state index contributed by atoms with van der Waals surface area (Å²) in [4.78, 5) is 12.2. The zero-order chi connectivity index (χ0) is 18.1. The summed E-state index contributed by atoms with van der Waals surface area (Å²) >= 11 is 0. The highest BCUT2D eigenvalue weighted by Crippen LogP contribution is 2.30. The third-order valence-corrected chi connectivity index (χ3v) is 3.64. The number of nitriles is 1. The van der Waals surface area contributed by atoms with Crippen molar-refractivity contribution in [2.75, 3.05) is 26.9 Å². The molecule has 0 saturated carbocycles. The van der Waals surface area contributed by atoms with Gasteiger partial charge in [-0.05, 0) is 29.3 Å². The van der Waals surface area contributed by atoms with Gasteiger partial charge in [0.15, 0.2) is 0 Å². The Bertz CT molecular complexity index is 806. The molecule has 2 aromatic rings. The van der Waals surface area contributed by atoms with Gasteiger partial charge >= 0.3 is 0 Å². The molecule has 25 heavy (non-hydrogen) atoms. The fourth-order valence-electron chi connectivity index (χ4n) is 2.42. The lowest BCUT2D eigenvalue weighted by molar-refractivity contribution is -0.117. The van der Waals surface area contributed by atoms with E-state index in [0.29, 0.717) is 25.5 Å². The normalized spacial score (nSPS) is 11.2. The van der Waals surface area contributed by atoms with Crippen LogP contribution in [-0.4, -0.2) is 32.8 Å². The second kappa shape index (κ2) is 9.45. The molecule has 2 rings (SSSR count). The van der Waals surface area contributed by atoms with E-state index in [-0.39, 0.29) is 5.57 Å². The second-order valence-electron chi connectivity index (χ2n) is 5.47. The zero-order valence-electron chi connectivity index (χ0n) is 14.5. The maximum absolute atomic E-state index is 12.2. The third-order valence-electron chi connectivity index (χ3n) is 3.64. The van der Waals surface area contributed by atoms with Crippen LogP contribution in [0.3, 0.4) is 0 Å². The average molecular weight is 338 g/mol. The van der Waals surface area contributed by atoms with E-state index >= 15 is 0 Å². The van der Waals surface area contributed by atoms with E-state index in [1.165, 1.54) is 0 Å². The van der Waals surface area contributed by atoms with Crippen molar-refractivity contribution < 1.29 is 14.3 Å². The highest BCUT2D eigenvalue weighted by molar-refractivity contribution is 6.04. The predicted octanol–water partition coefficient (Wildman–Crippen LogP) is 3.30. The molecule has 0 unspecified atom stereocenters. The Labute approximate surface area is 147 Å². The van der Waals surface area contributed by atoms with Gasteiger partial charge in [-0.2, -0.15) is 5.26 Å². The van der Waals surface area contributed by atoms with Crippen LogP contribution in [0.1, 0.15) is 18.9 Å². The van der Waals surface area contributed by atoms with Crippen molar-refractivity contribution in [1.29, 1.82) is 5.26 Å². The first-order valence-electron chi connectivity index (χ1n) is 8.24. The number of methoxy groups -OCH3 is 1. The summed E-state index contributed by atoms with van der Waals surface area (Å²) < 4.78 is 10.7. The van der Waals surface area contributed by atoms with Crippen LogP contribution in [-0.2, 0) is 9.53 Å². The Morgan fingerprint density at radius 2 is 2.04 bits per heavy atom. The molecule has 5 nitrogen and oxygen atoms in total. The summed E-state index contributed by atoms with van der Waals surface area (Å²) in [5.74, 6) is 0.243. The third kappa shape index (κ3) is 4.82. The smallest absolute Gasteiger partial charge is 0.262 e. The van der Waals surface area contributed by atoms with Crippen LogP contribution in [0.15, 0.2) is 42.0 Å². The minimum atomic E-state index is -0.422. The van der Waals surface area contributed by atoms with Gasteiger partial charge in [0.05, 0.1) is 13.2 Å². The van der Waals surface area contributed by atoms with Crippen molar-refractivity contribution in [3.8, 4) is 11.8 Å². The van der Waals surface area contributed by atoms with Crippen molar-refractivity contribution in [2.24, 2.45) is 0 Å². The molecule has 2 aromatic carbocycles. The Balaban J connectivity index is 2.45. The fourth-order valence-corrected chi connectivity index (χ4v) is 2.42. The molecule has 5 heteroatoms. The Kier molecular flexibility index (Phi) is 7.00. The molecule has 130 valence electrons. The summed E-state index contributed by atoms with van der Waals surface area (Å²) in [6, 6.07) is 13.6. The maximum atomic E-state index is 12.2. The summed E-state index contributed by atoms with van der Waals surface area (Å²) in [5.41, 5.74) is 0.777. The minimum Gasteiger partial charge on any atom is -0.493 e. The first-order chi connectivity index (χ1) is 12.2. The molecule has 0 aliphatic carbocycles. The number of carbonyl (C=O) groups is 1. The number of benzene rings is 2. The van der Waals surface area contributed by atoms with Gasteiger partial charge in [0, 0.05) is 19.2 Å². The van der Waals surface area contributed by atoms with Gasteiger partial charge in [0.2, 0.25) is 0 Å². The Morgan fingerprint density at radius 1 is 1.24 bits per heavy atom. The first-order valence-corrected chi connectivity index (χ1v) is 8.24. The second-order valence-corrected chi connectivity index (χ2v) is 5.47. The lowest BCUT2D eigenvalue weighted by atomic mass is 10.0. The molecule has 0 aliphatic heterocycles. The molecule has 0 fully saturated rings. The lowest BCUT2D eigenvalue weighted by Gasteiger charge is -2.12. The number of fused-ring (bicyclic) bond motifs is 1. The average Bonchev–Trinajstić information content (AvgIpc) is 2.64. The van der Waals surface area contributed by atoms with E-state index in [1.54, 1.807) is 13.2 Å². The van der Waals surface area contributed by atoms with E-state index in [2.05, 4.69) is 5.32 Å². The van der Waals surface area contributed by atoms with Crippen molar-refractivity contribution in [1.82, 2.24) is 5.32 Å². The van der Waals surface area contributed by atoms with E-state index < -0.39 is 5.91 Å². The molecule has 1 amide bonds. The van der Waals surface area contributed by atoms with E-state index in [1.807, 2.05) is 49.4 Å². The van der Waals surface area contributed by atoms with Crippen molar-refractivity contribution in [2.45, 2.75) is 13.3 Å². The highest BCUT2D eigenvalue weighted by atomic mass is 16.5. The monoisotopic (exact) mass is 338 g/mol. The number of rotatable bonds is 8. The number of hydrogen-bond acceptors (Lipinski definition) is 4. The number of hydrogen-bond donors (Lipinski definition) is 1. The summed E-state index contributed by atoms with van der Waals surface area (Å²) in [6.07, 6.45) is 2.47. The number of amides is 1. The van der Waals surface area contributed by atoms with E-state index in [4.69, 9.17) is 9.47 Å². The van der Waals surface area contributed by atoms with Gasteiger partial charge in [-0.25, -0.2) is 0 Å². The van der Waals surface area contributed by atoms with Gasteiger partial charge in [-0.1, -0.05) is 37.3 Å². The quantitative estimate of drug-likeness (QED) is 0.455. The number of ether oxygens (including phenoxy) is 2. The van der Waals surface area contributed by atoms with Gasteiger partial charge < -0.3 is 14.8 Å². The van der Waals surface area contributed by atoms with Gasteiger partial charge in [0.25, 0.3) is 5.91 Å². The van der Waals surface area contributed by atoms with Crippen LogP contribution in [0.5, 0.6) is 5.75 Å². The summed E-state index contributed by atoms with van der Waals surface area (Å²) in [5, 5.41) is 14.0. The molecule has 0 aromatic heterocycles. The van der Waals surface area contributed by atoms with Crippen molar-refractivity contribution >= 4 is 22.8 Å². The molecule has 0 heterocycles. The largest absolute Gasteiger partial charge is 0.493 e. The van der Waals surface area contributed by atoms with Crippen LogP contribution in [0.2, 0.25) is 0 Å². The van der Waals surface area contributed by atoms with Crippen LogP contribution in [0.25, 0.3) is 16.8 Å². The fraction of sp³-hybridized carbons (Fsp3) is 0.300. The molecular formula is C20H22N2O3. The van der Waals surface area contributed by atoms with Gasteiger partial charge in [0.1, 0.15) is 17.4 Å². The Hall–Kier alpha value is -2.84. The molecule has 0 radical (unpaired) electrons. The zero-order valence-corrected chi connectivity index (χ0v) is 14.5. The maximum Gasteiger partial charge on any atom is 0.262 e. The predicted molar refractivity (Wildman–Crippen MR) is 98.2 cm³/mol. The topological polar surface area (TPSA) is 71.3 Å². The van der Waals surface area contributed by atoms with E-state index in [9.17, 15) is 10.1 Å². The molecule has 0 aliphatic rings. The number of nitrogens with one attached hydrogen (secondary N) is 1. The summed E-state index contributed by atoms with van der Waals surface area (Å²) in [6.45, 7) is 3.34. The van der Waals surface area contributed by atoms with Crippen molar-refractivity contribution in [3.05, 3.63) is 47.5 Å². The number of carbonyl (C=O) groups excluding carboxylic acids is 1. The van der Waals surface area contributed by atoms with Gasteiger partial charge in [-0.3, -0.25) is 4.79 Å².